The first-order valence-electron chi connectivity index (χ1n) is 6.32. The lowest BCUT2D eigenvalue weighted by Gasteiger charge is -2.36. The number of hydrogen-bond donors (Lipinski definition) is 0. The number of methoxy groups -OCH3 is 1. The summed E-state index contributed by atoms with van der Waals surface area (Å²) < 4.78 is 32.1. The maximum absolute atomic E-state index is 12.6. The lowest BCUT2D eigenvalue weighted by atomic mass is 10.1. The molecule has 1 aliphatic rings. The van der Waals surface area contributed by atoms with Crippen LogP contribution in [0.2, 0.25) is 0 Å². The minimum absolute atomic E-state index is 0.0448. The maximum Gasteiger partial charge on any atom is 0.330 e. The van der Waals surface area contributed by atoms with Gasteiger partial charge in [-0.15, -0.1) is 0 Å². The highest BCUT2D eigenvalue weighted by Crippen LogP contribution is 2.32. The topological polar surface area (TPSA) is 66.9 Å². The van der Waals surface area contributed by atoms with Crippen LogP contribution in [0.1, 0.15) is 24.2 Å². The lowest BCUT2D eigenvalue weighted by molar-refractivity contribution is 0.0843. The van der Waals surface area contributed by atoms with E-state index in [9.17, 15) is 13.2 Å². The molecule has 2 rings (SSSR count). The second-order valence-corrected chi connectivity index (χ2v) is 6.80. The van der Waals surface area contributed by atoms with Gasteiger partial charge in [0.2, 0.25) is 0 Å². The first kappa shape index (κ1) is 14.8. The summed E-state index contributed by atoms with van der Waals surface area (Å²) >= 11 is 0. The lowest BCUT2D eigenvalue weighted by Crippen LogP contribution is -2.52. The van der Waals surface area contributed by atoms with E-state index in [0.717, 1.165) is 8.61 Å². The molecular weight excluding hydrogens is 280 g/mol. The molecule has 0 bridgehead atoms. The van der Waals surface area contributed by atoms with Gasteiger partial charge in [0.1, 0.15) is 6.73 Å². The Hall–Kier alpha value is -1.60. The molecule has 1 aromatic carbocycles. The SMILES string of the molecule is COCN1c2ccccc2C(=O)N(CC(C)C)S1(=O)=O. The fraction of sp³-hybridized carbons (Fsp3) is 0.462. The van der Waals surface area contributed by atoms with E-state index in [-0.39, 0.29) is 19.2 Å². The van der Waals surface area contributed by atoms with Crippen LogP contribution < -0.4 is 4.31 Å². The van der Waals surface area contributed by atoms with E-state index in [2.05, 4.69) is 0 Å². The van der Waals surface area contributed by atoms with Crippen molar-refractivity contribution >= 4 is 21.8 Å². The number of para-hydroxylation sites is 1. The van der Waals surface area contributed by atoms with Crippen molar-refractivity contribution in [3.63, 3.8) is 0 Å². The molecule has 6 nitrogen and oxygen atoms in total. The monoisotopic (exact) mass is 298 g/mol. The number of carbonyl (C=O) groups is 1. The molecule has 0 radical (unpaired) electrons. The molecule has 20 heavy (non-hydrogen) atoms. The van der Waals surface area contributed by atoms with Crippen LogP contribution in [-0.2, 0) is 14.9 Å². The highest BCUT2D eigenvalue weighted by molar-refractivity contribution is 7.91. The zero-order valence-corrected chi connectivity index (χ0v) is 12.6. The van der Waals surface area contributed by atoms with Crippen LogP contribution in [-0.4, -0.2) is 39.0 Å². The summed E-state index contributed by atoms with van der Waals surface area (Å²) in [7, 11) is -2.47. The van der Waals surface area contributed by atoms with Crippen molar-refractivity contribution in [1.29, 1.82) is 0 Å². The summed E-state index contributed by atoms with van der Waals surface area (Å²) in [6.07, 6.45) is 0. The van der Waals surface area contributed by atoms with Crippen LogP contribution in [0.4, 0.5) is 5.69 Å². The Morgan fingerprint density at radius 1 is 1.20 bits per heavy atom. The van der Waals surface area contributed by atoms with Gasteiger partial charge in [0.25, 0.3) is 5.91 Å². The van der Waals surface area contributed by atoms with E-state index in [1.54, 1.807) is 24.3 Å². The van der Waals surface area contributed by atoms with Gasteiger partial charge in [-0.2, -0.15) is 8.42 Å². The second kappa shape index (κ2) is 5.41. The van der Waals surface area contributed by atoms with Crippen molar-refractivity contribution in [2.24, 2.45) is 5.92 Å². The largest absolute Gasteiger partial charge is 0.363 e. The molecular formula is C13H18N2O4S. The Labute approximate surface area is 119 Å². The first-order valence-corrected chi connectivity index (χ1v) is 7.72. The number of benzene rings is 1. The predicted octanol–water partition coefficient (Wildman–Crippen LogP) is 1.45. The smallest absolute Gasteiger partial charge is 0.330 e. The molecule has 110 valence electrons. The van der Waals surface area contributed by atoms with Crippen LogP contribution in [0, 0.1) is 5.92 Å². The Kier molecular flexibility index (Phi) is 4.01. The number of fused-ring (bicyclic) bond motifs is 1. The highest BCUT2D eigenvalue weighted by atomic mass is 32.2. The Bertz CT molecular complexity index is 613. The third-order valence-corrected chi connectivity index (χ3v) is 4.70. The van der Waals surface area contributed by atoms with Gasteiger partial charge < -0.3 is 4.74 Å². The first-order chi connectivity index (χ1) is 9.39. The highest BCUT2D eigenvalue weighted by Gasteiger charge is 2.41. The summed E-state index contributed by atoms with van der Waals surface area (Å²) in [6.45, 7) is 3.75. The van der Waals surface area contributed by atoms with Gasteiger partial charge in [0.15, 0.2) is 0 Å². The minimum Gasteiger partial charge on any atom is -0.363 e. The summed E-state index contributed by atoms with van der Waals surface area (Å²) in [5.74, 6) is -0.440. The summed E-state index contributed by atoms with van der Waals surface area (Å²) in [5.41, 5.74) is 0.736. The van der Waals surface area contributed by atoms with E-state index in [1.165, 1.54) is 7.11 Å². The van der Waals surface area contributed by atoms with Gasteiger partial charge in [-0.3, -0.25) is 4.79 Å². The molecule has 1 aliphatic heterocycles. The average molecular weight is 298 g/mol. The van der Waals surface area contributed by atoms with Gasteiger partial charge >= 0.3 is 10.2 Å². The number of rotatable bonds is 4. The second-order valence-electron chi connectivity index (χ2n) is 5.02. The van der Waals surface area contributed by atoms with Crippen molar-refractivity contribution in [3.8, 4) is 0 Å². The van der Waals surface area contributed by atoms with Crippen molar-refractivity contribution < 1.29 is 17.9 Å². The summed E-state index contributed by atoms with van der Waals surface area (Å²) in [4.78, 5) is 12.4. The minimum atomic E-state index is -3.89. The zero-order chi connectivity index (χ0) is 14.9. The number of hydrogen-bond acceptors (Lipinski definition) is 4. The van der Waals surface area contributed by atoms with Gasteiger partial charge in [0, 0.05) is 13.7 Å². The van der Waals surface area contributed by atoms with Gasteiger partial charge in [-0.05, 0) is 18.1 Å². The van der Waals surface area contributed by atoms with Gasteiger partial charge in [-0.1, -0.05) is 26.0 Å². The third kappa shape index (κ3) is 2.38. The molecule has 1 amide bonds. The Balaban J connectivity index is 2.58. The number of ether oxygens (including phenoxy) is 1. The standard InChI is InChI=1S/C13H18N2O4S/c1-10(2)8-14-13(16)11-6-4-5-7-12(11)15(9-19-3)20(14,17)18/h4-7,10H,8-9H2,1-3H3. The molecule has 0 saturated heterocycles. The predicted molar refractivity (Wildman–Crippen MR) is 75.6 cm³/mol. The van der Waals surface area contributed by atoms with E-state index in [1.807, 2.05) is 13.8 Å². The molecule has 0 aromatic heterocycles. The van der Waals surface area contributed by atoms with Gasteiger partial charge in [0.05, 0.1) is 11.3 Å². The van der Waals surface area contributed by atoms with Crippen molar-refractivity contribution in [1.82, 2.24) is 4.31 Å². The molecule has 0 saturated carbocycles. The number of amides is 1. The van der Waals surface area contributed by atoms with Gasteiger partial charge in [-0.25, -0.2) is 8.61 Å². The maximum atomic E-state index is 12.6. The van der Waals surface area contributed by atoms with Crippen LogP contribution in [0.15, 0.2) is 24.3 Å². The molecule has 1 heterocycles. The van der Waals surface area contributed by atoms with E-state index < -0.39 is 16.1 Å². The summed E-state index contributed by atoms with van der Waals surface area (Å²) in [5, 5.41) is 0. The van der Waals surface area contributed by atoms with Crippen molar-refractivity contribution in [3.05, 3.63) is 29.8 Å². The molecule has 0 aliphatic carbocycles. The van der Waals surface area contributed by atoms with E-state index in [0.29, 0.717) is 11.3 Å². The summed E-state index contributed by atoms with van der Waals surface area (Å²) in [6, 6.07) is 6.65. The van der Waals surface area contributed by atoms with Crippen LogP contribution in [0.25, 0.3) is 0 Å². The zero-order valence-electron chi connectivity index (χ0n) is 11.7. The molecule has 7 heteroatoms. The van der Waals surface area contributed by atoms with Crippen LogP contribution in [0.3, 0.4) is 0 Å². The van der Waals surface area contributed by atoms with Crippen molar-refractivity contribution in [2.75, 3.05) is 24.7 Å². The normalized spacial score (nSPS) is 17.5. The fourth-order valence-electron chi connectivity index (χ4n) is 2.12. The molecule has 1 aromatic rings. The quantitative estimate of drug-likeness (QED) is 0.844. The van der Waals surface area contributed by atoms with E-state index in [4.69, 9.17) is 4.74 Å². The van der Waals surface area contributed by atoms with E-state index >= 15 is 0 Å². The molecule has 0 N–H and O–H groups in total. The van der Waals surface area contributed by atoms with Crippen LogP contribution >= 0.6 is 0 Å². The number of nitrogens with zero attached hydrogens (tertiary/aromatic N) is 2. The Morgan fingerprint density at radius 3 is 2.45 bits per heavy atom. The molecule has 0 unspecified atom stereocenters. The molecule has 0 fully saturated rings. The van der Waals surface area contributed by atoms with Crippen molar-refractivity contribution in [2.45, 2.75) is 13.8 Å². The molecule has 0 atom stereocenters. The molecule has 0 spiro atoms. The Morgan fingerprint density at radius 2 is 1.85 bits per heavy atom. The van der Waals surface area contributed by atoms with Crippen LogP contribution in [0.5, 0.6) is 0 Å². The fourth-order valence-corrected chi connectivity index (χ4v) is 3.80. The number of carbonyl (C=O) groups excluding carboxylic acids is 1. The number of anilines is 1. The third-order valence-electron chi connectivity index (χ3n) is 2.96. The average Bonchev–Trinajstić information content (AvgIpc) is 2.39.